The molecule has 0 heterocycles. The number of rotatable bonds is 5. The van der Waals surface area contributed by atoms with Gasteiger partial charge in [0.25, 0.3) is 0 Å². The molecule has 3 nitrogen and oxygen atoms in total. The Hall–Kier alpha value is -3.54. The molecule has 0 aromatic heterocycles. The Labute approximate surface area is 179 Å². The molecule has 0 saturated heterocycles. The summed E-state index contributed by atoms with van der Waals surface area (Å²) in [4.78, 5) is 4.54. The van der Waals surface area contributed by atoms with Crippen LogP contribution in [-0.4, -0.2) is 5.90 Å². The van der Waals surface area contributed by atoms with Crippen LogP contribution in [0.3, 0.4) is 0 Å². The zero-order chi connectivity index (χ0) is 22.4. The van der Waals surface area contributed by atoms with Crippen LogP contribution in [-0.2, 0) is 6.18 Å². The van der Waals surface area contributed by atoms with Gasteiger partial charge in [-0.15, -0.1) is 0 Å². The SMILES string of the molecule is Cc1cccc(OC(C=COc2ccc(C(F)(F)F)cc2)=Nc2ccc(C)c(C)c2)c1. The van der Waals surface area contributed by atoms with Crippen LogP contribution >= 0.6 is 0 Å². The molecule has 0 aliphatic rings. The van der Waals surface area contributed by atoms with Crippen LogP contribution in [0.1, 0.15) is 22.3 Å². The van der Waals surface area contributed by atoms with Gasteiger partial charge in [0.2, 0.25) is 5.90 Å². The van der Waals surface area contributed by atoms with Gasteiger partial charge in [-0.25, -0.2) is 4.99 Å². The Bertz CT molecular complexity index is 1100. The number of aryl methyl sites for hydroxylation is 3. The molecule has 3 aromatic rings. The van der Waals surface area contributed by atoms with Gasteiger partial charge in [0.15, 0.2) is 0 Å². The van der Waals surface area contributed by atoms with Crippen molar-refractivity contribution in [2.45, 2.75) is 26.9 Å². The summed E-state index contributed by atoms with van der Waals surface area (Å²) in [7, 11) is 0. The predicted octanol–water partition coefficient (Wildman–Crippen LogP) is 7.33. The van der Waals surface area contributed by atoms with Crippen molar-refractivity contribution < 1.29 is 22.6 Å². The van der Waals surface area contributed by atoms with E-state index < -0.39 is 11.7 Å². The zero-order valence-corrected chi connectivity index (χ0v) is 17.4. The quantitative estimate of drug-likeness (QED) is 0.243. The summed E-state index contributed by atoms with van der Waals surface area (Å²) >= 11 is 0. The molecule has 0 atom stereocenters. The van der Waals surface area contributed by atoms with Crippen molar-refractivity contribution in [1.29, 1.82) is 0 Å². The minimum atomic E-state index is -4.39. The third-order valence-electron chi connectivity index (χ3n) is 4.54. The smallest absolute Gasteiger partial charge is 0.416 e. The molecule has 0 bridgehead atoms. The first-order valence-corrected chi connectivity index (χ1v) is 9.62. The molecule has 0 spiro atoms. The lowest BCUT2D eigenvalue weighted by Crippen LogP contribution is -2.06. The first kappa shape index (κ1) is 22.2. The number of nitrogens with zero attached hydrogens (tertiary/aromatic N) is 1. The maximum atomic E-state index is 12.7. The summed E-state index contributed by atoms with van der Waals surface area (Å²) in [5.74, 6) is 1.16. The number of alkyl halides is 3. The Morgan fingerprint density at radius 3 is 2.23 bits per heavy atom. The molecule has 3 aromatic carbocycles. The van der Waals surface area contributed by atoms with Crippen LogP contribution in [0.2, 0.25) is 0 Å². The van der Waals surface area contributed by atoms with Gasteiger partial charge >= 0.3 is 6.18 Å². The Morgan fingerprint density at radius 2 is 1.58 bits per heavy atom. The number of halogens is 3. The van der Waals surface area contributed by atoms with E-state index in [4.69, 9.17) is 9.47 Å². The van der Waals surface area contributed by atoms with Crippen LogP contribution in [0.25, 0.3) is 0 Å². The molecular formula is C25H22F3NO2. The van der Waals surface area contributed by atoms with Crippen LogP contribution < -0.4 is 9.47 Å². The topological polar surface area (TPSA) is 30.8 Å². The third-order valence-corrected chi connectivity index (χ3v) is 4.54. The van der Waals surface area contributed by atoms with Gasteiger partial charge in [-0.3, -0.25) is 0 Å². The van der Waals surface area contributed by atoms with Gasteiger partial charge in [-0.1, -0.05) is 18.2 Å². The molecule has 0 amide bonds. The Kier molecular flexibility index (Phi) is 6.80. The van der Waals surface area contributed by atoms with Crippen molar-refractivity contribution >= 4 is 11.6 Å². The summed E-state index contributed by atoms with van der Waals surface area (Å²) in [6.45, 7) is 5.97. The molecule has 0 aliphatic heterocycles. The van der Waals surface area contributed by atoms with Gasteiger partial charge in [0.05, 0.1) is 17.5 Å². The van der Waals surface area contributed by atoms with Crippen molar-refractivity contribution in [3.8, 4) is 11.5 Å². The first-order chi connectivity index (χ1) is 14.7. The normalized spacial score (nSPS) is 12.3. The predicted molar refractivity (Wildman–Crippen MR) is 116 cm³/mol. The summed E-state index contributed by atoms with van der Waals surface area (Å²) in [6.07, 6.45) is -1.53. The average molecular weight is 425 g/mol. The van der Waals surface area contributed by atoms with E-state index in [-0.39, 0.29) is 11.6 Å². The van der Waals surface area contributed by atoms with E-state index in [1.807, 2.05) is 63.2 Å². The van der Waals surface area contributed by atoms with Gasteiger partial charge in [-0.2, -0.15) is 13.2 Å². The molecule has 3 rings (SSSR count). The van der Waals surface area contributed by atoms with E-state index in [9.17, 15) is 13.2 Å². The molecule has 31 heavy (non-hydrogen) atoms. The number of ether oxygens (including phenoxy) is 2. The molecule has 0 saturated carbocycles. The highest BCUT2D eigenvalue weighted by Gasteiger charge is 2.29. The minimum Gasteiger partial charge on any atom is -0.465 e. The van der Waals surface area contributed by atoms with Crippen molar-refractivity contribution in [2.24, 2.45) is 4.99 Å². The molecule has 0 fully saturated rings. The van der Waals surface area contributed by atoms with Crippen LogP contribution in [0, 0.1) is 20.8 Å². The van der Waals surface area contributed by atoms with Gasteiger partial charge < -0.3 is 9.47 Å². The number of aliphatic imine (C=N–C) groups is 1. The monoisotopic (exact) mass is 425 g/mol. The molecule has 6 heteroatoms. The van der Waals surface area contributed by atoms with Gasteiger partial charge in [-0.05, 0) is 86.0 Å². The Morgan fingerprint density at radius 1 is 0.839 bits per heavy atom. The maximum absolute atomic E-state index is 12.7. The maximum Gasteiger partial charge on any atom is 0.416 e. The fourth-order valence-electron chi connectivity index (χ4n) is 2.71. The summed E-state index contributed by atoms with van der Waals surface area (Å²) in [6, 6.07) is 17.8. The molecule has 0 unspecified atom stereocenters. The zero-order valence-electron chi connectivity index (χ0n) is 17.4. The van der Waals surface area contributed by atoms with E-state index in [1.54, 1.807) is 0 Å². The summed E-state index contributed by atoms with van der Waals surface area (Å²) in [5, 5.41) is 0. The molecular weight excluding hydrogens is 403 g/mol. The summed E-state index contributed by atoms with van der Waals surface area (Å²) < 4.78 is 49.4. The summed E-state index contributed by atoms with van der Waals surface area (Å²) in [5.41, 5.74) is 3.27. The molecule has 160 valence electrons. The molecule has 0 N–H and O–H groups in total. The number of hydrogen-bond donors (Lipinski definition) is 0. The second-order valence-electron chi connectivity index (χ2n) is 7.08. The van der Waals surface area contributed by atoms with Crippen LogP contribution in [0.15, 0.2) is 84.1 Å². The third kappa shape index (κ3) is 6.47. The minimum absolute atomic E-state index is 0.269. The van der Waals surface area contributed by atoms with Crippen molar-refractivity contribution in [3.05, 3.63) is 101 Å². The van der Waals surface area contributed by atoms with E-state index >= 15 is 0 Å². The van der Waals surface area contributed by atoms with E-state index in [1.165, 1.54) is 24.5 Å². The number of hydrogen-bond acceptors (Lipinski definition) is 3. The van der Waals surface area contributed by atoms with E-state index in [2.05, 4.69) is 4.99 Å². The van der Waals surface area contributed by atoms with Crippen LogP contribution in [0.4, 0.5) is 18.9 Å². The van der Waals surface area contributed by atoms with Crippen molar-refractivity contribution in [2.75, 3.05) is 0 Å². The first-order valence-electron chi connectivity index (χ1n) is 9.62. The van der Waals surface area contributed by atoms with Crippen molar-refractivity contribution in [1.82, 2.24) is 0 Å². The highest BCUT2D eigenvalue weighted by atomic mass is 19.4. The van der Waals surface area contributed by atoms with E-state index in [0.717, 1.165) is 28.8 Å². The second-order valence-corrected chi connectivity index (χ2v) is 7.08. The largest absolute Gasteiger partial charge is 0.465 e. The lowest BCUT2D eigenvalue weighted by atomic mass is 10.1. The van der Waals surface area contributed by atoms with E-state index in [0.29, 0.717) is 11.4 Å². The second kappa shape index (κ2) is 9.51. The number of benzene rings is 3. The lowest BCUT2D eigenvalue weighted by molar-refractivity contribution is -0.137. The average Bonchev–Trinajstić information content (AvgIpc) is 2.70. The highest BCUT2D eigenvalue weighted by molar-refractivity contribution is 5.91. The standard InChI is InChI=1S/C25H22F3NO2/c1-17-5-4-6-23(15-17)31-24(29-21-10-7-18(2)19(3)16-21)13-14-30-22-11-8-20(9-12-22)25(26,27)28/h4-16H,1-3H3. The van der Waals surface area contributed by atoms with Crippen LogP contribution in [0.5, 0.6) is 11.5 Å². The lowest BCUT2D eigenvalue weighted by Gasteiger charge is -2.08. The van der Waals surface area contributed by atoms with Gasteiger partial charge in [0.1, 0.15) is 11.5 Å². The van der Waals surface area contributed by atoms with Crippen molar-refractivity contribution in [3.63, 3.8) is 0 Å². The fraction of sp³-hybridized carbons (Fsp3) is 0.160. The van der Waals surface area contributed by atoms with Gasteiger partial charge in [0, 0.05) is 6.08 Å². The molecule has 0 aliphatic carbocycles. The highest BCUT2D eigenvalue weighted by Crippen LogP contribution is 2.30. The Balaban J connectivity index is 1.81. The molecule has 0 radical (unpaired) electrons. The fourth-order valence-corrected chi connectivity index (χ4v) is 2.71.